The molecule has 1 aromatic carbocycles. The Kier molecular flexibility index (Phi) is 5.48. The van der Waals surface area contributed by atoms with E-state index in [1.54, 1.807) is 24.3 Å². The van der Waals surface area contributed by atoms with Gasteiger partial charge in [-0.1, -0.05) is 22.9 Å². The van der Waals surface area contributed by atoms with Crippen LogP contribution in [0.25, 0.3) is 11.0 Å². The number of halogens is 1. The maximum Gasteiger partial charge on any atom is 0.341 e. The highest BCUT2D eigenvalue weighted by atomic mass is 79.9. The lowest BCUT2D eigenvalue weighted by Crippen LogP contribution is -2.21. The molecule has 0 radical (unpaired) electrons. The summed E-state index contributed by atoms with van der Waals surface area (Å²) in [4.78, 5) is 25.9. The van der Waals surface area contributed by atoms with Gasteiger partial charge in [-0.3, -0.25) is 10.2 Å². The molecule has 0 aliphatic heterocycles. The van der Waals surface area contributed by atoms with E-state index in [2.05, 4.69) is 21.2 Å². The number of hydrogen-bond donors (Lipinski definition) is 2. The second-order valence-corrected chi connectivity index (χ2v) is 7.95. The molecule has 0 atom stereocenters. The van der Waals surface area contributed by atoms with Gasteiger partial charge in [0.15, 0.2) is 0 Å². The Bertz CT molecular complexity index is 1120. The van der Waals surface area contributed by atoms with Crippen molar-refractivity contribution in [2.75, 3.05) is 12.4 Å². The fourth-order valence-electron chi connectivity index (χ4n) is 2.86. The average Bonchev–Trinajstić information content (AvgIpc) is 2.95. The van der Waals surface area contributed by atoms with Crippen LogP contribution in [0.15, 0.2) is 33.2 Å². The Morgan fingerprint density at radius 3 is 2.74 bits per heavy atom. The summed E-state index contributed by atoms with van der Waals surface area (Å²) in [5.41, 5.74) is 1.56. The molecule has 0 aliphatic rings. The minimum atomic E-state index is -0.514. The van der Waals surface area contributed by atoms with Gasteiger partial charge in [-0.15, -0.1) is 11.3 Å². The number of aryl methyl sites for hydroxylation is 1. The molecular formula is C19H17BrN2O4S. The fraction of sp³-hybridized carbons (Fsp3) is 0.211. The van der Waals surface area contributed by atoms with Crippen LogP contribution in [0.2, 0.25) is 0 Å². The Morgan fingerprint density at radius 1 is 1.33 bits per heavy atom. The minimum absolute atomic E-state index is 0.0838. The first-order chi connectivity index (χ1) is 12.8. The molecule has 0 aliphatic carbocycles. The van der Waals surface area contributed by atoms with Gasteiger partial charge in [0.1, 0.15) is 16.1 Å². The van der Waals surface area contributed by atoms with Crippen LogP contribution in [0.3, 0.4) is 0 Å². The molecule has 1 amide bonds. The number of hydrogen-bond acceptors (Lipinski definition) is 6. The number of ether oxygens (including phenoxy) is 1. The van der Waals surface area contributed by atoms with Crippen LogP contribution in [0.1, 0.15) is 38.1 Å². The van der Waals surface area contributed by atoms with Gasteiger partial charge in [0.25, 0.3) is 5.91 Å². The van der Waals surface area contributed by atoms with Gasteiger partial charge in [-0.2, -0.15) is 0 Å². The number of benzene rings is 1. The van der Waals surface area contributed by atoms with Crippen LogP contribution < -0.4 is 10.9 Å². The topological polar surface area (TPSA) is 92.4 Å². The molecule has 27 heavy (non-hydrogen) atoms. The molecule has 3 rings (SSSR count). The highest BCUT2D eigenvalue weighted by Crippen LogP contribution is 2.34. The Morgan fingerprint density at radius 2 is 2.07 bits per heavy atom. The van der Waals surface area contributed by atoms with Crippen molar-refractivity contribution in [3.63, 3.8) is 0 Å². The summed E-state index contributed by atoms with van der Waals surface area (Å²) in [6, 6.07) is 6.93. The van der Waals surface area contributed by atoms with E-state index in [0.29, 0.717) is 28.0 Å². The van der Waals surface area contributed by atoms with Crippen LogP contribution in [0.4, 0.5) is 5.00 Å². The fourth-order valence-corrected chi connectivity index (χ4v) is 4.37. The van der Waals surface area contributed by atoms with Crippen molar-refractivity contribution in [3.8, 4) is 0 Å². The monoisotopic (exact) mass is 448 g/mol. The Hall–Kier alpha value is -2.45. The van der Waals surface area contributed by atoms with Crippen LogP contribution in [0.5, 0.6) is 0 Å². The highest BCUT2D eigenvalue weighted by molar-refractivity contribution is 9.10. The zero-order chi connectivity index (χ0) is 19.7. The summed E-state index contributed by atoms with van der Waals surface area (Å²) in [6.45, 7) is 3.83. The van der Waals surface area contributed by atoms with Crippen molar-refractivity contribution >= 4 is 55.1 Å². The highest BCUT2D eigenvalue weighted by Gasteiger charge is 2.24. The van der Waals surface area contributed by atoms with Gasteiger partial charge in [0.05, 0.1) is 12.7 Å². The van der Waals surface area contributed by atoms with E-state index in [9.17, 15) is 9.59 Å². The lowest BCUT2D eigenvalue weighted by Gasteiger charge is -2.08. The molecule has 8 heteroatoms. The van der Waals surface area contributed by atoms with Crippen LogP contribution in [-0.2, 0) is 11.2 Å². The number of carbonyl (C=O) groups is 2. The first-order valence-corrected chi connectivity index (χ1v) is 9.76. The summed E-state index contributed by atoms with van der Waals surface area (Å²) in [7, 11) is 1.31. The third-order valence-corrected chi connectivity index (χ3v) is 5.71. The van der Waals surface area contributed by atoms with E-state index in [4.69, 9.17) is 14.6 Å². The van der Waals surface area contributed by atoms with Gasteiger partial charge in [0.2, 0.25) is 5.55 Å². The molecule has 0 unspecified atom stereocenters. The number of esters is 1. The largest absolute Gasteiger partial charge is 0.465 e. The predicted molar refractivity (Wildman–Crippen MR) is 107 cm³/mol. The van der Waals surface area contributed by atoms with Crippen molar-refractivity contribution in [1.29, 1.82) is 5.41 Å². The van der Waals surface area contributed by atoms with E-state index >= 15 is 0 Å². The summed E-state index contributed by atoms with van der Waals surface area (Å²) in [5, 5.41) is 11.9. The molecule has 2 N–H and O–H groups in total. The van der Waals surface area contributed by atoms with Gasteiger partial charge in [-0.25, -0.2) is 4.79 Å². The summed E-state index contributed by atoms with van der Waals surface area (Å²) >= 11 is 4.69. The number of carbonyl (C=O) groups excluding carboxylic acids is 2. The predicted octanol–water partition coefficient (Wildman–Crippen LogP) is 4.65. The van der Waals surface area contributed by atoms with Gasteiger partial charge >= 0.3 is 5.97 Å². The van der Waals surface area contributed by atoms with Gasteiger partial charge < -0.3 is 14.5 Å². The van der Waals surface area contributed by atoms with E-state index < -0.39 is 11.9 Å². The Labute approximate surface area is 167 Å². The lowest BCUT2D eigenvalue weighted by atomic mass is 10.1. The van der Waals surface area contributed by atoms with Crippen molar-refractivity contribution in [2.24, 2.45) is 0 Å². The molecule has 140 valence electrons. The van der Waals surface area contributed by atoms with E-state index in [1.165, 1.54) is 18.4 Å². The average molecular weight is 449 g/mol. The molecule has 0 fully saturated rings. The number of amides is 1. The molecule has 2 aromatic heterocycles. The number of nitrogens with one attached hydrogen (secondary N) is 2. The molecule has 0 saturated carbocycles. The van der Waals surface area contributed by atoms with Crippen molar-refractivity contribution < 1.29 is 18.7 Å². The zero-order valence-corrected chi connectivity index (χ0v) is 17.3. The second kappa shape index (κ2) is 7.66. The van der Waals surface area contributed by atoms with Crippen molar-refractivity contribution in [2.45, 2.75) is 20.3 Å². The molecule has 0 saturated heterocycles. The first kappa shape index (κ1) is 19.3. The number of thiophene rings is 1. The van der Waals surface area contributed by atoms with E-state index in [1.807, 2.05) is 13.8 Å². The first-order valence-electron chi connectivity index (χ1n) is 8.15. The molecular weight excluding hydrogens is 432 g/mol. The van der Waals surface area contributed by atoms with Gasteiger partial charge in [-0.05, 0) is 43.2 Å². The van der Waals surface area contributed by atoms with Crippen molar-refractivity contribution in [1.82, 2.24) is 0 Å². The van der Waals surface area contributed by atoms with E-state index in [0.717, 1.165) is 14.9 Å². The molecule has 6 nitrogen and oxygen atoms in total. The SMILES string of the molecule is CCc1c(C)sc(NC(=O)c2cc3cc(Br)ccc3oc2=N)c1C(=O)OC. The van der Waals surface area contributed by atoms with Crippen LogP contribution in [0, 0.1) is 12.3 Å². The molecule has 0 spiro atoms. The standard InChI is InChI=1S/C19H17BrN2O4S/c1-4-12-9(2)27-18(15(12)19(24)25-3)22-17(23)13-8-10-7-11(20)5-6-14(10)26-16(13)21/h5-8,21H,4H2,1-3H3,(H,22,23). The van der Waals surface area contributed by atoms with Crippen LogP contribution >= 0.6 is 27.3 Å². The maximum atomic E-state index is 12.8. The number of rotatable bonds is 4. The van der Waals surface area contributed by atoms with Gasteiger partial charge in [0, 0.05) is 14.7 Å². The zero-order valence-electron chi connectivity index (χ0n) is 14.9. The molecule has 3 aromatic rings. The minimum Gasteiger partial charge on any atom is -0.465 e. The second-order valence-electron chi connectivity index (χ2n) is 5.81. The number of methoxy groups -OCH3 is 1. The number of fused-ring (bicyclic) bond motifs is 1. The summed E-state index contributed by atoms with van der Waals surface area (Å²) in [5.74, 6) is -1.01. The quantitative estimate of drug-likeness (QED) is 0.568. The molecule has 0 bridgehead atoms. The molecule has 2 heterocycles. The lowest BCUT2D eigenvalue weighted by molar-refractivity contribution is 0.0601. The smallest absolute Gasteiger partial charge is 0.341 e. The number of anilines is 1. The Balaban J connectivity index is 2.03. The van der Waals surface area contributed by atoms with Crippen LogP contribution in [-0.4, -0.2) is 19.0 Å². The third kappa shape index (κ3) is 3.68. The van der Waals surface area contributed by atoms with E-state index in [-0.39, 0.29) is 11.1 Å². The summed E-state index contributed by atoms with van der Waals surface area (Å²) < 4.78 is 11.2. The third-order valence-electron chi connectivity index (χ3n) is 4.15. The normalized spacial score (nSPS) is 10.8. The maximum absolute atomic E-state index is 12.8. The summed E-state index contributed by atoms with van der Waals surface area (Å²) in [6.07, 6.45) is 0.645. The van der Waals surface area contributed by atoms with Crippen molar-refractivity contribution in [3.05, 3.63) is 55.9 Å².